The molecule has 0 saturated heterocycles. The lowest BCUT2D eigenvalue weighted by molar-refractivity contribution is -0.191. The van der Waals surface area contributed by atoms with E-state index in [0.717, 1.165) is 5.56 Å². The summed E-state index contributed by atoms with van der Waals surface area (Å²) in [4.78, 5) is 0.168. The van der Waals surface area contributed by atoms with Crippen molar-refractivity contribution in [3.8, 4) is 11.5 Å². The number of ether oxygens (including phenoxy) is 2. The summed E-state index contributed by atoms with van der Waals surface area (Å²) in [6, 6.07) is 12.0. The van der Waals surface area contributed by atoms with Crippen molar-refractivity contribution < 1.29 is 23.1 Å². The van der Waals surface area contributed by atoms with Gasteiger partial charge in [-0.05, 0) is 30.0 Å². The molecule has 1 heterocycles. The van der Waals surface area contributed by atoms with Crippen LogP contribution in [-0.2, 0) is 9.84 Å². The molecule has 1 aliphatic heterocycles. The number of methoxy groups -OCH3 is 2. The Bertz CT molecular complexity index is 939. The van der Waals surface area contributed by atoms with E-state index in [1.165, 1.54) is 25.3 Å². The Morgan fingerprint density at radius 1 is 1.07 bits per heavy atom. The molecule has 1 N–H and O–H groups in total. The first-order valence-corrected chi connectivity index (χ1v) is 11.0. The third-order valence-corrected chi connectivity index (χ3v) is 7.71. The average molecular weight is 406 g/mol. The van der Waals surface area contributed by atoms with E-state index in [1.807, 2.05) is 44.2 Å². The number of hydrogen-bond acceptors (Lipinski definition) is 6. The van der Waals surface area contributed by atoms with Crippen LogP contribution < -0.4 is 9.47 Å². The van der Waals surface area contributed by atoms with Gasteiger partial charge in [-0.3, -0.25) is 0 Å². The van der Waals surface area contributed by atoms with Gasteiger partial charge in [-0.15, -0.1) is 0 Å². The fourth-order valence-electron chi connectivity index (χ4n) is 4.00. The fourth-order valence-corrected chi connectivity index (χ4v) is 6.22. The molecule has 1 atom stereocenters. The second-order valence-corrected chi connectivity index (χ2v) is 9.05. The second-order valence-electron chi connectivity index (χ2n) is 7.09. The molecular formula is C21H27NO5S. The molecule has 0 radical (unpaired) electrons. The largest absolute Gasteiger partial charge is 0.493 e. The smallest absolute Gasteiger partial charge is 0.180 e. The van der Waals surface area contributed by atoms with Crippen molar-refractivity contribution >= 4 is 9.84 Å². The van der Waals surface area contributed by atoms with Gasteiger partial charge in [-0.25, -0.2) is 8.42 Å². The Labute approximate surface area is 166 Å². The Kier molecular flexibility index (Phi) is 5.70. The number of rotatable bonds is 5. The van der Waals surface area contributed by atoms with Crippen molar-refractivity contribution in [1.82, 2.24) is 5.06 Å². The first-order chi connectivity index (χ1) is 13.3. The summed E-state index contributed by atoms with van der Waals surface area (Å²) in [5, 5.41) is 12.6. The van der Waals surface area contributed by atoms with Crippen LogP contribution in [0.1, 0.15) is 43.9 Å². The number of hydrogen-bond donors (Lipinski definition) is 1. The van der Waals surface area contributed by atoms with E-state index < -0.39 is 21.4 Å². The topological polar surface area (TPSA) is 76.1 Å². The van der Waals surface area contributed by atoms with E-state index in [2.05, 4.69) is 0 Å². The first kappa shape index (κ1) is 20.6. The summed E-state index contributed by atoms with van der Waals surface area (Å²) in [7, 11) is -0.698. The van der Waals surface area contributed by atoms with Crippen molar-refractivity contribution in [3.05, 3.63) is 53.6 Å². The van der Waals surface area contributed by atoms with E-state index in [9.17, 15) is 13.6 Å². The van der Waals surface area contributed by atoms with Crippen LogP contribution in [0.3, 0.4) is 0 Å². The van der Waals surface area contributed by atoms with E-state index >= 15 is 0 Å². The van der Waals surface area contributed by atoms with Crippen LogP contribution in [0.4, 0.5) is 0 Å². The van der Waals surface area contributed by atoms with Gasteiger partial charge in [0.15, 0.2) is 21.3 Å². The molecular weight excluding hydrogens is 378 g/mol. The minimum absolute atomic E-state index is 0.168. The third-order valence-electron chi connectivity index (χ3n) is 5.77. The van der Waals surface area contributed by atoms with Gasteiger partial charge in [-0.2, -0.15) is 5.06 Å². The SMILES string of the molecule is CCC1(CC)CS(=O)(=O)c2cc(OC)c(OC)cc2[C@H](c2ccccc2)N1O. The summed E-state index contributed by atoms with van der Waals surface area (Å²) < 4.78 is 37.5. The molecule has 0 aromatic heterocycles. The Balaban J connectivity index is 2.39. The molecule has 152 valence electrons. The van der Waals surface area contributed by atoms with Gasteiger partial charge < -0.3 is 14.7 Å². The summed E-state index contributed by atoms with van der Waals surface area (Å²) in [6.07, 6.45) is 0.982. The van der Waals surface area contributed by atoms with Crippen molar-refractivity contribution in [3.63, 3.8) is 0 Å². The molecule has 0 spiro atoms. The maximum Gasteiger partial charge on any atom is 0.180 e. The lowest BCUT2D eigenvalue weighted by Crippen LogP contribution is -2.51. The second kappa shape index (κ2) is 7.73. The monoisotopic (exact) mass is 405 g/mol. The molecule has 0 aliphatic carbocycles. The predicted octanol–water partition coefficient (Wildman–Crippen LogP) is 3.83. The zero-order chi connectivity index (χ0) is 20.5. The van der Waals surface area contributed by atoms with Gasteiger partial charge in [0.25, 0.3) is 0 Å². The number of benzene rings is 2. The molecule has 2 aromatic carbocycles. The average Bonchev–Trinajstić information content (AvgIpc) is 2.78. The molecule has 0 amide bonds. The Hall–Kier alpha value is -2.09. The van der Waals surface area contributed by atoms with Crippen LogP contribution >= 0.6 is 0 Å². The maximum atomic E-state index is 13.4. The van der Waals surface area contributed by atoms with E-state index in [4.69, 9.17) is 9.47 Å². The highest BCUT2D eigenvalue weighted by Gasteiger charge is 2.47. The van der Waals surface area contributed by atoms with Crippen LogP contribution in [-0.4, -0.2) is 44.2 Å². The molecule has 2 aromatic rings. The number of nitrogens with zero attached hydrogens (tertiary/aromatic N) is 1. The molecule has 28 heavy (non-hydrogen) atoms. The fraction of sp³-hybridized carbons (Fsp3) is 0.429. The quantitative estimate of drug-likeness (QED) is 0.815. The molecule has 0 saturated carbocycles. The third kappa shape index (κ3) is 3.27. The zero-order valence-corrected chi connectivity index (χ0v) is 17.5. The van der Waals surface area contributed by atoms with Gasteiger partial charge in [0, 0.05) is 6.07 Å². The highest BCUT2D eigenvalue weighted by Crippen LogP contribution is 2.46. The van der Waals surface area contributed by atoms with Crippen LogP contribution in [0.25, 0.3) is 0 Å². The minimum Gasteiger partial charge on any atom is -0.493 e. The summed E-state index contributed by atoms with van der Waals surface area (Å²) in [5.41, 5.74) is 0.385. The van der Waals surface area contributed by atoms with Gasteiger partial charge in [0.2, 0.25) is 0 Å². The Morgan fingerprint density at radius 3 is 2.18 bits per heavy atom. The first-order valence-electron chi connectivity index (χ1n) is 9.35. The van der Waals surface area contributed by atoms with Crippen LogP contribution in [0.2, 0.25) is 0 Å². The van der Waals surface area contributed by atoms with E-state index in [1.54, 1.807) is 6.07 Å². The van der Waals surface area contributed by atoms with Crippen molar-refractivity contribution in [2.45, 2.75) is 43.2 Å². The molecule has 1 aliphatic rings. The van der Waals surface area contributed by atoms with Crippen LogP contribution in [0.15, 0.2) is 47.4 Å². The molecule has 0 fully saturated rings. The van der Waals surface area contributed by atoms with Crippen molar-refractivity contribution in [1.29, 1.82) is 0 Å². The normalized spacial score (nSPS) is 20.8. The van der Waals surface area contributed by atoms with E-state index in [0.29, 0.717) is 29.9 Å². The maximum absolute atomic E-state index is 13.4. The molecule has 3 rings (SSSR count). The number of sulfone groups is 1. The Morgan fingerprint density at radius 2 is 1.64 bits per heavy atom. The number of hydroxylamine groups is 2. The van der Waals surface area contributed by atoms with Crippen LogP contribution in [0, 0.1) is 0 Å². The highest BCUT2D eigenvalue weighted by atomic mass is 32.2. The minimum atomic E-state index is -3.68. The van der Waals surface area contributed by atoms with Gasteiger partial charge >= 0.3 is 0 Å². The van der Waals surface area contributed by atoms with Crippen molar-refractivity contribution in [2.75, 3.05) is 20.0 Å². The predicted molar refractivity (Wildman–Crippen MR) is 107 cm³/mol. The highest BCUT2D eigenvalue weighted by molar-refractivity contribution is 7.91. The van der Waals surface area contributed by atoms with Crippen LogP contribution in [0.5, 0.6) is 11.5 Å². The molecule has 6 nitrogen and oxygen atoms in total. The lowest BCUT2D eigenvalue weighted by Gasteiger charge is -2.41. The van der Waals surface area contributed by atoms with Gasteiger partial charge in [0.1, 0.15) is 0 Å². The zero-order valence-electron chi connectivity index (χ0n) is 16.7. The molecule has 0 unspecified atom stereocenters. The van der Waals surface area contributed by atoms with Gasteiger partial charge in [0.05, 0.1) is 36.4 Å². The number of fused-ring (bicyclic) bond motifs is 1. The molecule has 7 heteroatoms. The van der Waals surface area contributed by atoms with Crippen molar-refractivity contribution in [2.24, 2.45) is 0 Å². The lowest BCUT2D eigenvalue weighted by atomic mass is 9.89. The summed E-state index contributed by atoms with van der Waals surface area (Å²) >= 11 is 0. The van der Waals surface area contributed by atoms with Gasteiger partial charge in [-0.1, -0.05) is 44.2 Å². The molecule has 0 bridgehead atoms. The summed E-state index contributed by atoms with van der Waals surface area (Å²) in [5.74, 6) is 0.600. The standard InChI is InChI=1S/C21H27NO5S/c1-5-21(6-2)14-28(24,25)19-13-18(27-4)17(26-3)12-16(19)20(22(21)23)15-10-8-7-9-11-15/h7-13,20,23H,5-6,14H2,1-4H3/t20-/m0/s1. The van der Waals surface area contributed by atoms with E-state index in [-0.39, 0.29) is 10.6 Å². The summed E-state index contributed by atoms with van der Waals surface area (Å²) in [6.45, 7) is 3.81.